The van der Waals surface area contributed by atoms with Gasteiger partial charge in [0.2, 0.25) is 0 Å². The van der Waals surface area contributed by atoms with Crippen LogP contribution < -0.4 is 0 Å². The number of hydrogen-bond donors (Lipinski definition) is 1. The summed E-state index contributed by atoms with van der Waals surface area (Å²) in [6.45, 7) is 5.33. The summed E-state index contributed by atoms with van der Waals surface area (Å²) in [5.74, 6) is 1.54. The Labute approximate surface area is 161 Å². The van der Waals surface area contributed by atoms with Crippen LogP contribution in [0.1, 0.15) is 55.5 Å². The van der Waals surface area contributed by atoms with Gasteiger partial charge in [0.15, 0.2) is 0 Å². The Balaban J connectivity index is 1.51. The second-order valence-electron chi connectivity index (χ2n) is 8.71. The van der Waals surface area contributed by atoms with Crippen LogP contribution in [0.4, 0.5) is 0 Å². The van der Waals surface area contributed by atoms with Gasteiger partial charge in [0, 0.05) is 42.2 Å². The first-order chi connectivity index (χ1) is 12.9. The Morgan fingerprint density at radius 1 is 1.07 bits per heavy atom. The molecule has 4 nitrogen and oxygen atoms in total. The Morgan fingerprint density at radius 3 is 2.37 bits per heavy atom. The maximum absolute atomic E-state index is 12.9. The molecule has 2 aromatic rings. The number of carbonyl (C=O) groups is 1. The lowest BCUT2D eigenvalue weighted by Crippen LogP contribution is -2.45. The summed E-state index contributed by atoms with van der Waals surface area (Å²) in [7, 11) is 0. The van der Waals surface area contributed by atoms with E-state index in [9.17, 15) is 9.90 Å². The van der Waals surface area contributed by atoms with Gasteiger partial charge in [-0.05, 0) is 68.7 Å². The van der Waals surface area contributed by atoms with E-state index in [1.165, 1.54) is 25.7 Å². The fraction of sp³-hybridized carbons (Fsp3) is 0.478. The van der Waals surface area contributed by atoms with E-state index in [4.69, 9.17) is 0 Å². The van der Waals surface area contributed by atoms with Gasteiger partial charge in [-0.25, -0.2) is 0 Å². The second-order valence-corrected chi connectivity index (χ2v) is 8.71. The van der Waals surface area contributed by atoms with Crippen LogP contribution in [0.3, 0.4) is 0 Å². The van der Waals surface area contributed by atoms with E-state index in [1.54, 1.807) is 26.2 Å². The second kappa shape index (κ2) is 7.08. The van der Waals surface area contributed by atoms with Crippen LogP contribution in [0.15, 0.2) is 42.7 Å². The zero-order chi connectivity index (χ0) is 19.0. The third kappa shape index (κ3) is 3.91. The van der Waals surface area contributed by atoms with Gasteiger partial charge >= 0.3 is 0 Å². The summed E-state index contributed by atoms with van der Waals surface area (Å²) in [5.41, 5.74) is 2.55. The Morgan fingerprint density at radius 2 is 1.74 bits per heavy atom. The molecule has 1 aliphatic heterocycles. The fourth-order valence-electron chi connectivity index (χ4n) is 4.52. The number of fused-ring (bicyclic) bond motifs is 2. The van der Waals surface area contributed by atoms with Crippen molar-refractivity contribution in [2.75, 3.05) is 13.1 Å². The molecule has 2 atom stereocenters. The van der Waals surface area contributed by atoms with Crippen molar-refractivity contribution >= 4 is 5.91 Å². The van der Waals surface area contributed by atoms with Crippen LogP contribution in [0.25, 0.3) is 11.1 Å². The number of aliphatic hydroxyl groups is 1. The van der Waals surface area contributed by atoms with E-state index in [0.29, 0.717) is 11.8 Å². The third-order valence-corrected chi connectivity index (χ3v) is 6.05. The SMILES string of the molecule is CC(C)(O)c1cncc(-c2ccc(C(=O)N3CC4CCCC(C4)C3)cc2)c1. The van der Waals surface area contributed by atoms with E-state index in [2.05, 4.69) is 9.88 Å². The average Bonchev–Trinajstić information content (AvgIpc) is 2.67. The molecule has 4 rings (SSSR count). The number of rotatable bonds is 3. The number of amides is 1. The standard InChI is InChI=1S/C23H28N2O2/c1-23(2,27)21-11-20(12-24-13-21)18-6-8-19(9-7-18)22(26)25-14-16-4-3-5-17(10-16)15-25/h6-9,11-13,16-17,27H,3-5,10,14-15H2,1-2H3. The summed E-state index contributed by atoms with van der Waals surface area (Å²) in [6, 6.07) is 9.74. The molecule has 2 heterocycles. The van der Waals surface area contributed by atoms with Gasteiger partial charge in [0.05, 0.1) is 5.60 Å². The van der Waals surface area contributed by atoms with Gasteiger partial charge in [0.1, 0.15) is 0 Å². The van der Waals surface area contributed by atoms with E-state index in [0.717, 1.165) is 35.3 Å². The maximum atomic E-state index is 12.9. The third-order valence-electron chi connectivity index (χ3n) is 6.05. The Bertz CT molecular complexity index is 811. The minimum absolute atomic E-state index is 0.154. The van der Waals surface area contributed by atoms with E-state index in [-0.39, 0.29) is 5.91 Å². The molecule has 1 saturated heterocycles. The smallest absolute Gasteiger partial charge is 0.253 e. The van der Waals surface area contributed by atoms with Gasteiger partial charge in [0.25, 0.3) is 5.91 Å². The molecule has 0 spiro atoms. The number of nitrogens with zero attached hydrogens (tertiary/aromatic N) is 2. The van der Waals surface area contributed by atoms with Gasteiger partial charge in [-0.1, -0.05) is 18.6 Å². The molecule has 27 heavy (non-hydrogen) atoms. The number of hydrogen-bond acceptors (Lipinski definition) is 3. The number of aromatic nitrogens is 1. The van der Waals surface area contributed by atoms with E-state index in [1.807, 2.05) is 30.3 Å². The van der Waals surface area contributed by atoms with Crippen LogP contribution in [0.5, 0.6) is 0 Å². The molecule has 0 radical (unpaired) electrons. The lowest BCUT2D eigenvalue weighted by Gasteiger charge is -2.41. The topological polar surface area (TPSA) is 53.4 Å². The van der Waals surface area contributed by atoms with E-state index < -0.39 is 5.60 Å². The van der Waals surface area contributed by atoms with Crippen molar-refractivity contribution in [2.24, 2.45) is 11.8 Å². The van der Waals surface area contributed by atoms with Crippen LogP contribution >= 0.6 is 0 Å². The van der Waals surface area contributed by atoms with Crippen LogP contribution in [0, 0.1) is 11.8 Å². The zero-order valence-corrected chi connectivity index (χ0v) is 16.2. The number of pyridine rings is 1. The fourth-order valence-corrected chi connectivity index (χ4v) is 4.52. The highest BCUT2D eigenvalue weighted by Crippen LogP contribution is 2.35. The highest BCUT2D eigenvalue weighted by Gasteiger charge is 2.32. The lowest BCUT2D eigenvalue weighted by atomic mass is 9.78. The molecule has 4 heteroatoms. The Hall–Kier alpha value is -2.20. The number of piperidine rings is 1. The lowest BCUT2D eigenvalue weighted by molar-refractivity contribution is 0.0504. The quantitative estimate of drug-likeness (QED) is 0.886. The van der Waals surface area contributed by atoms with Gasteiger partial charge in [-0.3, -0.25) is 9.78 Å². The van der Waals surface area contributed by atoms with Crippen molar-refractivity contribution in [1.29, 1.82) is 0 Å². The molecule has 2 aliphatic rings. The number of carbonyl (C=O) groups excluding carboxylic acids is 1. The minimum atomic E-state index is -0.925. The molecule has 1 aliphatic carbocycles. The van der Waals surface area contributed by atoms with Crippen molar-refractivity contribution in [3.8, 4) is 11.1 Å². The monoisotopic (exact) mass is 364 g/mol. The van der Waals surface area contributed by atoms with Gasteiger partial charge in [-0.2, -0.15) is 0 Å². The van der Waals surface area contributed by atoms with Crippen molar-refractivity contribution in [3.63, 3.8) is 0 Å². The number of benzene rings is 1. The summed E-state index contributed by atoms with van der Waals surface area (Å²) in [6.07, 6.45) is 8.64. The van der Waals surface area contributed by atoms with Crippen molar-refractivity contribution in [1.82, 2.24) is 9.88 Å². The Kier molecular flexibility index (Phi) is 4.77. The predicted octanol–water partition coefficient (Wildman–Crippen LogP) is 4.24. The first-order valence-electron chi connectivity index (χ1n) is 9.98. The molecular weight excluding hydrogens is 336 g/mol. The van der Waals surface area contributed by atoms with E-state index >= 15 is 0 Å². The van der Waals surface area contributed by atoms with Crippen LogP contribution in [0.2, 0.25) is 0 Å². The van der Waals surface area contributed by atoms with Crippen molar-refractivity contribution in [2.45, 2.75) is 45.1 Å². The molecule has 142 valence electrons. The highest BCUT2D eigenvalue weighted by atomic mass is 16.3. The zero-order valence-electron chi connectivity index (χ0n) is 16.2. The van der Waals surface area contributed by atoms with Crippen LogP contribution in [-0.4, -0.2) is 34.0 Å². The van der Waals surface area contributed by atoms with Gasteiger partial charge in [-0.15, -0.1) is 0 Å². The maximum Gasteiger partial charge on any atom is 0.253 e. The van der Waals surface area contributed by atoms with Crippen molar-refractivity contribution < 1.29 is 9.90 Å². The normalized spacial score (nSPS) is 22.6. The summed E-state index contributed by atoms with van der Waals surface area (Å²) < 4.78 is 0. The molecule has 1 aromatic carbocycles. The van der Waals surface area contributed by atoms with Gasteiger partial charge < -0.3 is 10.0 Å². The molecule has 1 aromatic heterocycles. The molecule has 1 N–H and O–H groups in total. The predicted molar refractivity (Wildman–Crippen MR) is 106 cm³/mol. The first kappa shape index (κ1) is 18.2. The molecule has 1 amide bonds. The molecule has 2 unspecified atom stereocenters. The summed E-state index contributed by atoms with van der Waals surface area (Å²) >= 11 is 0. The molecule has 2 fully saturated rings. The first-order valence-corrected chi connectivity index (χ1v) is 9.98. The summed E-state index contributed by atoms with van der Waals surface area (Å²) in [5, 5.41) is 10.2. The number of likely N-dealkylation sites (tertiary alicyclic amines) is 1. The molecular formula is C23H28N2O2. The van der Waals surface area contributed by atoms with Crippen LogP contribution in [-0.2, 0) is 5.60 Å². The van der Waals surface area contributed by atoms with Crippen molar-refractivity contribution in [3.05, 3.63) is 53.9 Å². The molecule has 1 saturated carbocycles. The largest absolute Gasteiger partial charge is 0.386 e. The highest BCUT2D eigenvalue weighted by molar-refractivity contribution is 5.94. The minimum Gasteiger partial charge on any atom is -0.386 e. The molecule has 2 bridgehead atoms. The average molecular weight is 364 g/mol. The summed E-state index contributed by atoms with van der Waals surface area (Å²) in [4.78, 5) is 19.3.